The predicted molar refractivity (Wildman–Crippen MR) is 93.6 cm³/mol. The Bertz CT molecular complexity index is 408. The zero-order chi connectivity index (χ0) is 13.5. The highest BCUT2D eigenvalue weighted by Gasteiger charge is 2.22. The molecular formula is C14H23Cl2N3OS. The molecule has 0 bridgehead atoms. The third kappa shape index (κ3) is 6.87. The molecule has 0 unspecified atom stereocenters. The highest BCUT2D eigenvalue weighted by atomic mass is 35.5. The molecule has 2 rings (SSSR count). The highest BCUT2D eigenvalue weighted by Crippen LogP contribution is 2.13. The van der Waals surface area contributed by atoms with Crippen LogP contribution in [0.3, 0.4) is 0 Å². The summed E-state index contributed by atoms with van der Waals surface area (Å²) in [4.78, 5) is 18.4. The van der Waals surface area contributed by atoms with Crippen LogP contribution >= 0.6 is 36.6 Å². The third-order valence-corrected chi connectivity index (χ3v) is 4.25. The lowest BCUT2D eigenvalue weighted by Crippen LogP contribution is -2.52. The smallest absolute Gasteiger partial charge is 0.223 e. The quantitative estimate of drug-likeness (QED) is 0.827. The van der Waals surface area contributed by atoms with Crippen LogP contribution in [0.2, 0.25) is 0 Å². The molecule has 1 aromatic rings. The van der Waals surface area contributed by atoms with Crippen molar-refractivity contribution < 1.29 is 4.79 Å². The summed E-state index contributed by atoms with van der Waals surface area (Å²) in [6.45, 7) is 4.76. The van der Waals surface area contributed by atoms with Gasteiger partial charge in [0.25, 0.3) is 0 Å². The van der Waals surface area contributed by atoms with Gasteiger partial charge < -0.3 is 10.2 Å². The molecule has 0 aliphatic carbocycles. The van der Waals surface area contributed by atoms with Crippen molar-refractivity contribution in [1.29, 1.82) is 0 Å². The molecule has 0 radical (unpaired) electrons. The summed E-state index contributed by atoms with van der Waals surface area (Å²) in [6, 6.07) is 6.26. The molecule has 1 fully saturated rings. The van der Waals surface area contributed by atoms with E-state index < -0.39 is 0 Å². The lowest BCUT2D eigenvalue weighted by Gasteiger charge is -2.34. The molecule has 1 aromatic heterocycles. The van der Waals surface area contributed by atoms with Gasteiger partial charge in [0.2, 0.25) is 5.91 Å². The molecule has 0 saturated carbocycles. The van der Waals surface area contributed by atoms with Crippen molar-refractivity contribution in [2.75, 3.05) is 25.4 Å². The van der Waals surface area contributed by atoms with E-state index in [4.69, 9.17) is 0 Å². The van der Waals surface area contributed by atoms with Gasteiger partial charge in [-0.25, -0.2) is 0 Å². The van der Waals surface area contributed by atoms with Crippen molar-refractivity contribution in [3.8, 4) is 0 Å². The number of nitrogens with one attached hydrogen (secondary N) is 1. The normalized spacial score (nSPS) is 17.6. The van der Waals surface area contributed by atoms with E-state index in [1.807, 2.05) is 29.3 Å². The number of pyridine rings is 1. The number of thioether (sulfide) groups is 1. The molecule has 1 atom stereocenters. The van der Waals surface area contributed by atoms with E-state index in [0.717, 1.165) is 36.8 Å². The standard InChI is InChI=1S/C14H21N3OS.2ClH/c1-12-10-15-7-8-17(12)14(18)5-9-19-11-13-4-2-3-6-16-13;;/h2-4,6,12,15H,5,7-11H2,1H3;2*1H/t12-;;/m1../s1. The van der Waals surface area contributed by atoms with Crippen LogP contribution in [0.15, 0.2) is 24.4 Å². The minimum Gasteiger partial charge on any atom is -0.337 e. The van der Waals surface area contributed by atoms with Gasteiger partial charge in [-0.3, -0.25) is 9.78 Å². The average molecular weight is 352 g/mol. The van der Waals surface area contributed by atoms with Gasteiger partial charge in [0.15, 0.2) is 0 Å². The van der Waals surface area contributed by atoms with E-state index >= 15 is 0 Å². The van der Waals surface area contributed by atoms with Crippen LogP contribution < -0.4 is 5.32 Å². The SMILES string of the molecule is C[C@@H]1CNCCN1C(=O)CCSCc1ccccn1.Cl.Cl. The van der Waals surface area contributed by atoms with Crippen molar-refractivity contribution in [1.82, 2.24) is 15.2 Å². The van der Waals surface area contributed by atoms with Gasteiger partial charge >= 0.3 is 0 Å². The second-order valence-electron chi connectivity index (χ2n) is 4.76. The lowest BCUT2D eigenvalue weighted by molar-refractivity contribution is -0.133. The second kappa shape index (κ2) is 11.1. The van der Waals surface area contributed by atoms with Crippen molar-refractivity contribution in [3.63, 3.8) is 0 Å². The average Bonchev–Trinajstić information content (AvgIpc) is 2.45. The van der Waals surface area contributed by atoms with Crippen LogP contribution in [-0.4, -0.2) is 47.2 Å². The first kappa shape index (κ1) is 20.5. The largest absolute Gasteiger partial charge is 0.337 e. The molecule has 21 heavy (non-hydrogen) atoms. The van der Waals surface area contributed by atoms with Gasteiger partial charge in [-0.1, -0.05) is 6.07 Å². The van der Waals surface area contributed by atoms with E-state index in [9.17, 15) is 4.79 Å². The van der Waals surface area contributed by atoms with Gasteiger partial charge in [0.1, 0.15) is 0 Å². The molecule has 7 heteroatoms. The van der Waals surface area contributed by atoms with Gasteiger partial charge in [-0.05, 0) is 19.1 Å². The first-order chi connectivity index (χ1) is 9.27. The molecule has 2 heterocycles. The zero-order valence-corrected chi connectivity index (χ0v) is 14.6. The van der Waals surface area contributed by atoms with Crippen molar-refractivity contribution in [3.05, 3.63) is 30.1 Å². The monoisotopic (exact) mass is 351 g/mol. The Hall–Kier alpha value is -0.490. The zero-order valence-electron chi connectivity index (χ0n) is 12.2. The summed E-state index contributed by atoms with van der Waals surface area (Å²) in [6.07, 6.45) is 2.44. The molecule has 0 spiro atoms. The number of rotatable bonds is 5. The van der Waals surface area contributed by atoms with Crippen molar-refractivity contribution in [2.45, 2.75) is 25.1 Å². The number of carbonyl (C=O) groups is 1. The van der Waals surface area contributed by atoms with Crippen LogP contribution in [0.4, 0.5) is 0 Å². The summed E-state index contributed by atoms with van der Waals surface area (Å²) in [5.74, 6) is 2.03. The Kier molecular flexibility index (Phi) is 10.9. The van der Waals surface area contributed by atoms with Crippen LogP contribution in [0.5, 0.6) is 0 Å². The van der Waals surface area contributed by atoms with E-state index in [-0.39, 0.29) is 30.7 Å². The molecule has 1 N–H and O–H groups in total. The van der Waals surface area contributed by atoms with E-state index in [1.165, 1.54) is 0 Å². The van der Waals surface area contributed by atoms with Gasteiger partial charge in [-0.15, -0.1) is 24.8 Å². The molecule has 120 valence electrons. The Balaban J connectivity index is 0.00000200. The summed E-state index contributed by atoms with van der Waals surface area (Å²) in [5.41, 5.74) is 1.08. The number of hydrogen-bond acceptors (Lipinski definition) is 4. The number of hydrogen-bond donors (Lipinski definition) is 1. The Morgan fingerprint density at radius 2 is 2.29 bits per heavy atom. The van der Waals surface area contributed by atoms with Gasteiger partial charge in [0, 0.05) is 49.8 Å². The van der Waals surface area contributed by atoms with E-state index in [1.54, 1.807) is 11.8 Å². The van der Waals surface area contributed by atoms with Crippen LogP contribution in [0.1, 0.15) is 19.0 Å². The maximum Gasteiger partial charge on any atom is 0.223 e. The fraction of sp³-hybridized carbons (Fsp3) is 0.571. The number of amides is 1. The molecule has 0 aromatic carbocycles. The fourth-order valence-corrected chi connectivity index (χ4v) is 3.02. The van der Waals surface area contributed by atoms with E-state index in [2.05, 4.69) is 17.2 Å². The minimum absolute atomic E-state index is 0. The number of nitrogens with zero attached hydrogens (tertiary/aromatic N) is 2. The first-order valence-electron chi connectivity index (χ1n) is 6.75. The first-order valence-corrected chi connectivity index (χ1v) is 7.90. The number of piperazine rings is 1. The Morgan fingerprint density at radius 3 is 2.95 bits per heavy atom. The van der Waals surface area contributed by atoms with E-state index in [0.29, 0.717) is 12.5 Å². The Morgan fingerprint density at radius 1 is 1.48 bits per heavy atom. The van der Waals surface area contributed by atoms with Crippen LogP contribution in [0, 0.1) is 0 Å². The molecule has 1 saturated heterocycles. The van der Waals surface area contributed by atoms with Crippen molar-refractivity contribution >= 4 is 42.5 Å². The van der Waals surface area contributed by atoms with Crippen LogP contribution in [-0.2, 0) is 10.5 Å². The molecule has 1 aliphatic rings. The summed E-state index contributed by atoms with van der Waals surface area (Å²) >= 11 is 1.77. The minimum atomic E-state index is 0. The Labute approximate surface area is 143 Å². The molecule has 1 amide bonds. The maximum absolute atomic E-state index is 12.1. The second-order valence-corrected chi connectivity index (χ2v) is 5.87. The lowest BCUT2D eigenvalue weighted by atomic mass is 10.2. The van der Waals surface area contributed by atoms with Crippen LogP contribution in [0.25, 0.3) is 0 Å². The molecule has 4 nitrogen and oxygen atoms in total. The summed E-state index contributed by atoms with van der Waals surface area (Å²) in [7, 11) is 0. The summed E-state index contributed by atoms with van der Waals surface area (Å²) < 4.78 is 0. The maximum atomic E-state index is 12.1. The highest BCUT2D eigenvalue weighted by molar-refractivity contribution is 7.98. The number of halogens is 2. The van der Waals surface area contributed by atoms with Gasteiger partial charge in [0.05, 0.1) is 5.69 Å². The summed E-state index contributed by atoms with van der Waals surface area (Å²) in [5, 5.41) is 3.30. The fourth-order valence-electron chi connectivity index (χ4n) is 2.17. The molecule has 1 aliphatic heterocycles. The molecular weight excluding hydrogens is 329 g/mol. The van der Waals surface area contributed by atoms with Gasteiger partial charge in [-0.2, -0.15) is 11.8 Å². The number of carbonyl (C=O) groups excluding carboxylic acids is 1. The topological polar surface area (TPSA) is 45.2 Å². The third-order valence-electron chi connectivity index (χ3n) is 3.26. The number of aromatic nitrogens is 1. The van der Waals surface area contributed by atoms with Crippen molar-refractivity contribution in [2.24, 2.45) is 0 Å². The predicted octanol–water partition coefficient (Wildman–Crippen LogP) is 2.37.